The van der Waals surface area contributed by atoms with Crippen LogP contribution in [0.15, 0.2) is 24.3 Å². The molecule has 96 valence electrons. The number of hydrogen-bond donors (Lipinski definition) is 2. The second kappa shape index (κ2) is 5.30. The number of carbonyl (C=O) groups is 1. The molecule has 1 aliphatic rings. The molecule has 18 heavy (non-hydrogen) atoms. The van der Waals surface area contributed by atoms with Gasteiger partial charge in [0.15, 0.2) is 5.11 Å². The summed E-state index contributed by atoms with van der Waals surface area (Å²) >= 11 is 5.03. The van der Waals surface area contributed by atoms with Crippen LogP contribution in [0.2, 0.25) is 0 Å². The summed E-state index contributed by atoms with van der Waals surface area (Å²) in [7, 11) is 0. The molecule has 0 bridgehead atoms. The van der Waals surface area contributed by atoms with Crippen LogP contribution in [0.4, 0.5) is 10.1 Å². The fraction of sp³-hybridized carbons (Fsp3) is 0.333. The number of anilines is 1. The molecule has 0 aliphatic carbocycles. The lowest BCUT2D eigenvalue weighted by atomic mass is 10.2. The van der Waals surface area contributed by atoms with Crippen molar-refractivity contribution in [2.24, 2.45) is 0 Å². The van der Waals surface area contributed by atoms with E-state index in [0.717, 1.165) is 0 Å². The molecule has 6 heteroatoms. The van der Waals surface area contributed by atoms with Crippen molar-refractivity contribution in [1.29, 1.82) is 0 Å². The Morgan fingerprint density at radius 2 is 2.22 bits per heavy atom. The fourth-order valence-corrected chi connectivity index (χ4v) is 2.01. The van der Waals surface area contributed by atoms with Gasteiger partial charge in [-0.3, -0.25) is 0 Å². The van der Waals surface area contributed by atoms with Crippen molar-refractivity contribution in [2.75, 3.05) is 5.32 Å². The van der Waals surface area contributed by atoms with Crippen LogP contribution in [0.1, 0.15) is 13.3 Å². The minimum atomic E-state index is -0.466. The number of esters is 1. The Hall–Kier alpha value is -1.69. The maximum atomic E-state index is 13.4. The molecule has 2 atom stereocenters. The van der Waals surface area contributed by atoms with E-state index in [9.17, 15) is 9.18 Å². The molecule has 0 aromatic heterocycles. The summed E-state index contributed by atoms with van der Waals surface area (Å²) in [6, 6.07) is 5.72. The Morgan fingerprint density at radius 1 is 1.50 bits per heavy atom. The largest absolute Gasteiger partial charge is 0.461 e. The minimum Gasteiger partial charge on any atom is -0.461 e. The molecule has 2 rings (SSSR count). The highest BCUT2D eigenvalue weighted by atomic mass is 32.1. The van der Waals surface area contributed by atoms with Crippen LogP contribution >= 0.6 is 12.2 Å². The Labute approximate surface area is 110 Å². The van der Waals surface area contributed by atoms with E-state index in [1.165, 1.54) is 6.07 Å². The lowest BCUT2D eigenvalue weighted by molar-refractivity contribution is -0.142. The van der Waals surface area contributed by atoms with E-state index >= 15 is 0 Å². The minimum absolute atomic E-state index is 0.119. The second-order valence-corrected chi connectivity index (χ2v) is 4.52. The summed E-state index contributed by atoms with van der Waals surface area (Å²) in [5, 5.41) is 5.73. The van der Waals surface area contributed by atoms with Gasteiger partial charge in [0.05, 0.1) is 5.69 Å². The molecule has 2 N–H and O–H groups in total. The van der Waals surface area contributed by atoms with E-state index in [4.69, 9.17) is 17.0 Å². The number of benzene rings is 1. The zero-order valence-electron chi connectivity index (χ0n) is 9.77. The zero-order valence-corrected chi connectivity index (χ0v) is 10.6. The molecule has 1 saturated heterocycles. The van der Waals surface area contributed by atoms with E-state index < -0.39 is 11.9 Å². The Bertz CT molecular complexity index is 481. The van der Waals surface area contributed by atoms with Gasteiger partial charge in [0.25, 0.3) is 0 Å². The van der Waals surface area contributed by atoms with Gasteiger partial charge in [-0.15, -0.1) is 0 Å². The molecule has 4 nitrogen and oxygen atoms in total. The zero-order chi connectivity index (χ0) is 13.1. The normalized spacial score (nSPS) is 22.4. The number of cyclic esters (lactones) is 1. The molecular weight excluding hydrogens is 255 g/mol. The summed E-state index contributed by atoms with van der Waals surface area (Å²) < 4.78 is 18.3. The standard InChI is InChI=1S/C12H13FN2O2S/c1-7-6-10(11(16)17-7)15-12(18)14-9-5-3-2-4-8(9)13/h2-5,7,10H,6H2,1H3,(H2,14,15,18)/t7-,10+/m0/s1. The van der Waals surface area contributed by atoms with Crippen molar-refractivity contribution in [3.8, 4) is 0 Å². The SMILES string of the molecule is C[C@H]1C[C@@H](NC(=S)Nc2ccccc2F)C(=O)O1. The van der Waals surface area contributed by atoms with Gasteiger partial charge >= 0.3 is 5.97 Å². The lowest BCUT2D eigenvalue weighted by Crippen LogP contribution is -2.40. The summed E-state index contributed by atoms with van der Waals surface area (Å²) in [6.45, 7) is 1.81. The first kappa shape index (κ1) is 12.8. The number of nitrogens with one attached hydrogen (secondary N) is 2. The smallest absolute Gasteiger partial charge is 0.329 e. The highest BCUT2D eigenvalue weighted by Gasteiger charge is 2.32. The fourth-order valence-electron chi connectivity index (χ4n) is 1.75. The van der Waals surface area contributed by atoms with Crippen LogP contribution in [0.5, 0.6) is 0 Å². The predicted molar refractivity (Wildman–Crippen MR) is 69.7 cm³/mol. The van der Waals surface area contributed by atoms with E-state index in [-0.39, 0.29) is 22.9 Å². The van der Waals surface area contributed by atoms with Crippen molar-refractivity contribution >= 4 is 29.0 Å². The molecule has 1 aromatic carbocycles. The third-order valence-electron chi connectivity index (χ3n) is 2.60. The summed E-state index contributed by atoms with van der Waals surface area (Å²) in [4.78, 5) is 11.4. The van der Waals surface area contributed by atoms with Crippen LogP contribution in [-0.4, -0.2) is 23.2 Å². The highest BCUT2D eigenvalue weighted by Crippen LogP contribution is 2.15. The monoisotopic (exact) mass is 268 g/mol. The summed E-state index contributed by atoms with van der Waals surface area (Å²) in [6.07, 6.45) is 0.434. The number of carbonyl (C=O) groups excluding carboxylic acids is 1. The first-order chi connectivity index (χ1) is 8.56. The molecule has 1 aromatic rings. The molecule has 0 radical (unpaired) electrons. The number of halogens is 1. The molecular formula is C12H13FN2O2S. The summed E-state index contributed by atoms with van der Waals surface area (Å²) in [5.41, 5.74) is 0.273. The van der Waals surface area contributed by atoms with Gasteiger partial charge in [-0.05, 0) is 31.3 Å². The summed E-state index contributed by atoms with van der Waals surface area (Å²) in [5.74, 6) is -0.732. The van der Waals surface area contributed by atoms with Gasteiger partial charge in [0, 0.05) is 6.42 Å². The van der Waals surface area contributed by atoms with Crippen LogP contribution < -0.4 is 10.6 Å². The van der Waals surface area contributed by atoms with E-state index in [2.05, 4.69) is 10.6 Å². The van der Waals surface area contributed by atoms with Crippen LogP contribution in [0.25, 0.3) is 0 Å². The Morgan fingerprint density at radius 3 is 2.83 bits per heavy atom. The Balaban J connectivity index is 1.94. The van der Waals surface area contributed by atoms with E-state index in [1.54, 1.807) is 18.2 Å². The average Bonchev–Trinajstić information content (AvgIpc) is 2.61. The van der Waals surface area contributed by atoms with Crippen molar-refractivity contribution in [2.45, 2.75) is 25.5 Å². The van der Waals surface area contributed by atoms with Crippen LogP contribution in [0, 0.1) is 5.82 Å². The average molecular weight is 268 g/mol. The van der Waals surface area contributed by atoms with Crippen molar-refractivity contribution in [1.82, 2.24) is 5.32 Å². The second-order valence-electron chi connectivity index (χ2n) is 4.11. The molecule has 0 amide bonds. The third-order valence-corrected chi connectivity index (χ3v) is 2.82. The van der Waals surface area contributed by atoms with Crippen LogP contribution in [0.3, 0.4) is 0 Å². The van der Waals surface area contributed by atoms with Crippen LogP contribution in [-0.2, 0) is 9.53 Å². The van der Waals surface area contributed by atoms with Gasteiger partial charge < -0.3 is 15.4 Å². The first-order valence-electron chi connectivity index (χ1n) is 5.59. The maximum absolute atomic E-state index is 13.4. The van der Waals surface area contributed by atoms with Gasteiger partial charge in [-0.25, -0.2) is 9.18 Å². The van der Waals surface area contributed by atoms with Gasteiger partial charge in [0.1, 0.15) is 18.0 Å². The van der Waals surface area contributed by atoms with Gasteiger partial charge in [-0.2, -0.15) is 0 Å². The topological polar surface area (TPSA) is 50.4 Å². The number of ether oxygens (including phenoxy) is 1. The highest BCUT2D eigenvalue weighted by molar-refractivity contribution is 7.80. The number of para-hydroxylation sites is 1. The number of rotatable bonds is 2. The molecule has 1 heterocycles. The molecule has 1 aliphatic heterocycles. The molecule has 0 unspecified atom stereocenters. The predicted octanol–water partition coefficient (Wildman–Crippen LogP) is 1.82. The lowest BCUT2D eigenvalue weighted by Gasteiger charge is -2.13. The Kier molecular flexibility index (Phi) is 3.76. The van der Waals surface area contributed by atoms with E-state index in [0.29, 0.717) is 6.42 Å². The first-order valence-corrected chi connectivity index (χ1v) is 5.99. The number of thiocarbonyl (C=S) groups is 1. The maximum Gasteiger partial charge on any atom is 0.329 e. The molecule has 1 fully saturated rings. The van der Waals surface area contributed by atoms with Crippen molar-refractivity contribution < 1.29 is 13.9 Å². The van der Waals surface area contributed by atoms with E-state index in [1.807, 2.05) is 6.92 Å². The van der Waals surface area contributed by atoms with Gasteiger partial charge in [0.2, 0.25) is 0 Å². The van der Waals surface area contributed by atoms with Gasteiger partial charge in [-0.1, -0.05) is 12.1 Å². The quantitative estimate of drug-likeness (QED) is 0.633. The molecule has 0 spiro atoms. The molecule has 0 saturated carbocycles. The van der Waals surface area contributed by atoms with Crippen molar-refractivity contribution in [3.63, 3.8) is 0 Å². The van der Waals surface area contributed by atoms with Crippen molar-refractivity contribution in [3.05, 3.63) is 30.1 Å². The third kappa shape index (κ3) is 2.95. The number of hydrogen-bond acceptors (Lipinski definition) is 3.